The summed E-state index contributed by atoms with van der Waals surface area (Å²) < 4.78 is 0. The Labute approximate surface area is 117 Å². The maximum atomic E-state index is 11.8. The molecule has 0 aliphatic heterocycles. The predicted molar refractivity (Wildman–Crippen MR) is 82.0 cm³/mol. The maximum Gasteiger partial charge on any atom is 0.258 e. The lowest BCUT2D eigenvalue weighted by Gasteiger charge is -2.33. The van der Waals surface area contributed by atoms with E-state index in [0.717, 1.165) is 24.7 Å². The molecule has 20 heavy (non-hydrogen) atoms. The number of nitrogens with two attached hydrogens (primary N) is 1. The van der Waals surface area contributed by atoms with E-state index in [1.165, 1.54) is 25.6 Å². The third-order valence-corrected chi connectivity index (χ3v) is 4.21. The third kappa shape index (κ3) is 2.24. The molecule has 0 amide bonds. The Hall–Kier alpha value is -2.04. The standard InChI is InChI=1S/C15H20N4O/c1-2-19(8-10-4-3-5-10)14-7-13-11(6-12(14)16)15(20)18-9-17-13/h6-7,9-10H,2-5,8,16H2,1H3,(H,17,18,20). The molecule has 1 heterocycles. The van der Waals surface area contributed by atoms with Crippen LogP contribution in [0.1, 0.15) is 26.2 Å². The molecule has 1 aromatic heterocycles. The number of nitrogens with one attached hydrogen (secondary N) is 1. The molecule has 0 bridgehead atoms. The highest BCUT2D eigenvalue weighted by Gasteiger charge is 2.21. The second-order valence-corrected chi connectivity index (χ2v) is 5.50. The van der Waals surface area contributed by atoms with Crippen molar-refractivity contribution in [3.8, 4) is 0 Å². The van der Waals surface area contributed by atoms with Crippen LogP contribution >= 0.6 is 0 Å². The van der Waals surface area contributed by atoms with Crippen LogP contribution in [0.25, 0.3) is 10.9 Å². The van der Waals surface area contributed by atoms with E-state index in [-0.39, 0.29) is 5.56 Å². The largest absolute Gasteiger partial charge is 0.397 e. The average molecular weight is 272 g/mol. The van der Waals surface area contributed by atoms with Crippen molar-refractivity contribution in [1.29, 1.82) is 0 Å². The Morgan fingerprint density at radius 2 is 2.25 bits per heavy atom. The fourth-order valence-corrected chi connectivity index (χ4v) is 2.78. The monoisotopic (exact) mass is 272 g/mol. The van der Waals surface area contributed by atoms with Gasteiger partial charge in [0.1, 0.15) is 0 Å². The first-order chi connectivity index (χ1) is 9.69. The van der Waals surface area contributed by atoms with Gasteiger partial charge in [-0.25, -0.2) is 4.98 Å². The summed E-state index contributed by atoms with van der Waals surface area (Å²) in [7, 11) is 0. The Bertz CT molecular complexity index is 675. The maximum absolute atomic E-state index is 11.8. The van der Waals surface area contributed by atoms with Gasteiger partial charge in [-0.2, -0.15) is 0 Å². The minimum absolute atomic E-state index is 0.143. The van der Waals surface area contributed by atoms with Gasteiger partial charge in [-0.1, -0.05) is 6.42 Å². The highest BCUT2D eigenvalue weighted by Crippen LogP contribution is 2.32. The molecule has 1 aliphatic rings. The Kier molecular flexibility index (Phi) is 3.34. The van der Waals surface area contributed by atoms with Crippen LogP contribution in [0, 0.1) is 5.92 Å². The number of hydrogen-bond acceptors (Lipinski definition) is 4. The van der Waals surface area contributed by atoms with Crippen molar-refractivity contribution in [3.05, 3.63) is 28.8 Å². The highest BCUT2D eigenvalue weighted by atomic mass is 16.1. The second-order valence-electron chi connectivity index (χ2n) is 5.50. The van der Waals surface area contributed by atoms with Crippen LogP contribution in [0.5, 0.6) is 0 Å². The number of nitrogen functional groups attached to an aromatic ring is 1. The van der Waals surface area contributed by atoms with Crippen LogP contribution in [0.2, 0.25) is 0 Å². The number of H-pyrrole nitrogens is 1. The van der Waals surface area contributed by atoms with E-state index in [1.54, 1.807) is 6.07 Å². The number of anilines is 2. The van der Waals surface area contributed by atoms with Gasteiger partial charge in [-0.3, -0.25) is 4.79 Å². The summed E-state index contributed by atoms with van der Waals surface area (Å²) in [5, 5.41) is 0.549. The first-order valence-corrected chi connectivity index (χ1v) is 7.21. The van der Waals surface area contributed by atoms with Crippen LogP contribution in [-0.2, 0) is 0 Å². The van der Waals surface area contributed by atoms with Gasteiger partial charge in [0.05, 0.1) is 28.6 Å². The van der Waals surface area contributed by atoms with E-state index in [1.807, 2.05) is 6.07 Å². The molecular formula is C15H20N4O. The predicted octanol–water partition coefficient (Wildman–Crippen LogP) is 2.13. The minimum Gasteiger partial charge on any atom is -0.397 e. The van der Waals surface area contributed by atoms with E-state index in [4.69, 9.17) is 5.73 Å². The molecule has 1 aliphatic carbocycles. The van der Waals surface area contributed by atoms with Crippen molar-refractivity contribution in [3.63, 3.8) is 0 Å². The fourth-order valence-electron chi connectivity index (χ4n) is 2.78. The summed E-state index contributed by atoms with van der Waals surface area (Å²) >= 11 is 0. The van der Waals surface area contributed by atoms with Gasteiger partial charge in [-0.05, 0) is 37.8 Å². The number of nitrogens with zero attached hydrogens (tertiary/aromatic N) is 2. The fraction of sp³-hybridized carbons (Fsp3) is 0.467. The lowest BCUT2D eigenvalue weighted by atomic mass is 9.85. The Morgan fingerprint density at radius 3 is 2.90 bits per heavy atom. The SMILES string of the molecule is CCN(CC1CCC1)c1cc2nc[nH]c(=O)c2cc1N. The van der Waals surface area contributed by atoms with Gasteiger partial charge < -0.3 is 15.6 Å². The molecule has 5 nitrogen and oxygen atoms in total. The topological polar surface area (TPSA) is 75.0 Å². The van der Waals surface area contributed by atoms with Crippen LogP contribution < -0.4 is 16.2 Å². The summed E-state index contributed by atoms with van der Waals surface area (Å²) in [4.78, 5) is 20.9. The zero-order chi connectivity index (χ0) is 14.1. The number of aromatic amines is 1. The van der Waals surface area contributed by atoms with E-state index >= 15 is 0 Å². The molecule has 0 saturated heterocycles. The molecule has 0 radical (unpaired) electrons. The van der Waals surface area contributed by atoms with E-state index in [2.05, 4.69) is 21.8 Å². The van der Waals surface area contributed by atoms with E-state index in [9.17, 15) is 4.79 Å². The number of rotatable bonds is 4. The van der Waals surface area contributed by atoms with Crippen molar-refractivity contribution in [2.24, 2.45) is 5.92 Å². The van der Waals surface area contributed by atoms with Crippen molar-refractivity contribution in [2.45, 2.75) is 26.2 Å². The lowest BCUT2D eigenvalue weighted by molar-refractivity contribution is 0.318. The quantitative estimate of drug-likeness (QED) is 0.836. The molecule has 5 heteroatoms. The van der Waals surface area contributed by atoms with Gasteiger partial charge in [-0.15, -0.1) is 0 Å². The van der Waals surface area contributed by atoms with Gasteiger partial charge >= 0.3 is 0 Å². The summed E-state index contributed by atoms with van der Waals surface area (Å²) in [5.74, 6) is 0.775. The van der Waals surface area contributed by atoms with Crippen molar-refractivity contribution < 1.29 is 0 Å². The average Bonchev–Trinajstić information content (AvgIpc) is 2.39. The summed E-state index contributed by atoms with van der Waals surface area (Å²) in [6.45, 7) is 4.08. The molecule has 0 atom stereocenters. The number of hydrogen-bond donors (Lipinski definition) is 2. The smallest absolute Gasteiger partial charge is 0.258 e. The Balaban J connectivity index is 2.00. The molecule has 3 N–H and O–H groups in total. The van der Waals surface area contributed by atoms with Crippen molar-refractivity contribution in [2.75, 3.05) is 23.7 Å². The van der Waals surface area contributed by atoms with Crippen LogP contribution in [0.15, 0.2) is 23.3 Å². The highest BCUT2D eigenvalue weighted by molar-refractivity contribution is 5.88. The molecule has 1 aromatic carbocycles. The van der Waals surface area contributed by atoms with Gasteiger partial charge in [0.15, 0.2) is 0 Å². The third-order valence-electron chi connectivity index (χ3n) is 4.21. The van der Waals surface area contributed by atoms with Crippen LogP contribution in [0.4, 0.5) is 11.4 Å². The number of fused-ring (bicyclic) bond motifs is 1. The Morgan fingerprint density at radius 1 is 1.45 bits per heavy atom. The van der Waals surface area contributed by atoms with Gasteiger partial charge in [0.2, 0.25) is 0 Å². The van der Waals surface area contributed by atoms with Crippen LogP contribution in [0.3, 0.4) is 0 Å². The number of benzene rings is 1. The molecule has 0 spiro atoms. The molecule has 0 unspecified atom stereocenters. The minimum atomic E-state index is -0.143. The molecule has 1 fully saturated rings. The zero-order valence-corrected chi connectivity index (χ0v) is 11.7. The summed E-state index contributed by atoms with van der Waals surface area (Å²) in [6.07, 6.45) is 5.39. The van der Waals surface area contributed by atoms with Crippen molar-refractivity contribution in [1.82, 2.24) is 9.97 Å². The molecule has 106 valence electrons. The second kappa shape index (κ2) is 5.15. The summed E-state index contributed by atoms with van der Waals surface area (Å²) in [6, 6.07) is 3.67. The molecule has 2 aromatic rings. The van der Waals surface area contributed by atoms with Crippen LogP contribution in [-0.4, -0.2) is 23.1 Å². The first-order valence-electron chi connectivity index (χ1n) is 7.21. The van der Waals surface area contributed by atoms with E-state index < -0.39 is 0 Å². The summed E-state index contributed by atoms with van der Waals surface area (Å²) in [5.41, 5.74) is 8.34. The lowest BCUT2D eigenvalue weighted by Crippen LogP contribution is -2.33. The molecule has 1 saturated carbocycles. The molecular weight excluding hydrogens is 252 g/mol. The molecule has 3 rings (SSSR count). The first kappa shape index (κ1) is 13.0. The van der Waals surface area contributed by atoms with Crippen molar-refractivity contribution >= 4 is 22.3 Å². The van der Waals surface area contributed by atoms with E-state index in [0.29, 0.717) is 16.6 Å². The number of aromatic nitrogens is 2. The normalized spacial score (nSPS) is 15.2. The zero-order valence-electron chi connectivity index (χ0n) is 11.7. The van der Waals surface area contributed by atoms with Gasteiger partial charge in [0, 0.05) is 13.1 Å². The van der Waals surface area contributed by atoms with Gasteiger partial charge in [0.25, 0.3) is 5.56 Å².